The van der Waals surface area contributed by atoms with Crippen LogP contribution in [-0.2, 0) is 0 Å². The van der Waals surface area contributed by atoms with Gasteiger partial charge in [0.15, 0.2) is 5.15 Å². The van der Waals surface area contributed by atoms with Gasteiger partial charge in [-0.3, -0.25) is 4.79 Å². The summed E-state index contributed by atoms with van der Waals surface area (Å²) in [5.41, 5.74) is 1.74. The normalized spacial score (nSPS) is 10.1. The van der Waals surface area contributed by atoms with Gasteiger partial charge < -0.3 is 14.8 Å². The fraction of sp³-hybridized carbons (Fsp3) is 0.200. The molecule has 0 unspecified atom stereocenters. The van der Waals surface area contributed by atoms with E-state index in [2.05, 4.69) is 10.3 Å². The highest BCUT2D eigenvalue weighted by Crippen LogP contribution is 2.26. The van der Waals surface area contributed by atoms with Crippen molar-refractivity contribution in [1.29, 1.82) is 0 Å². The first-order chi connectivity index (χ1) is 10.0. The number of pyridine rings is 1. The Labute approximate surface area is 127 Å². The smallest absolute Gasteiger partial charge is 0.259 e. The zero-order valence-corrected chi connectivity index (χ0v) is 12.7. The number of hydrogen-bond acceptors (Lipinski definition) is 4. The summed E-state index contributed by atoms with van der Waals surface area (Å²) >= 11 is 5.97. The van der Waals surface area contributed by atoms with Gasteiger partial charge in [-0.05, 0) is 30.7 Å². The lowest BCUT2D eigenvalue weighted by atomic mass is 10.1. The number of carbonyl (C=O) groups is 1. The molecule has 0 saturated heterocycles. The fourth-order valence-corrected chi connectivity index (χ4v) is 1.97. The van der Waals surface area contributed by atoms with Gasteiger partial charge in [0, 0.05) is 12.3 Å². The van der Waals surface area contributed by atoms with Crippen molar-refractivity contribution in [3.05, 3.63) is 46.7 Å². The molecule has 2 aromatic rings. The molecule has 2 rings (SSSR count). The van der Waals surface area contributed by atoms with E-state index >= 15 is 0 Å². The van der Waals surface area contributed by atoms with Crippen LogP contribution < -0.4 is 14.8 Å². The van der Waals surface area contributed by atoms with Crippen molar-refractivity contribution in [1.82, 2.24) is 4.98 Å². The van der Waals surface area contributed by atoms with Gasteiger partial charge in [0.1, 0.15) is 11.5 Å². The molecular formula is C15H15ClN2O3. The summed E-state index contributed by atoms with van der Waals surface area (Å²) in [6.07, 6.45) is 1.63. The maximum absolute atomic E-state index is 12.3. The van der Waals surface area contributed by atoms with Crippen LogP contribution in [0.15, 0.2) is 30.5 Å². The second kappa shape index (κ2) is 6.45. The fourth-order valence-electron chi connectivity index (χ4n) is 1.82. The van der Waals surface area contributed by atoms with Crippen molar-refractivity contribution in [3.63, 3.8) is 0 Å². The van der Waals surface area contributed by atoms with Crippen LogP contribution in [0, 0.1) is 6.92 Å². The standard InChI is InChI=1S/C15H15ClN2O3/c1-9-6-12(14(16)17-8-9)18-15(19)11-5-4-10(20-2)7-13(11)21-3/h4-8H,1-3H3,(H,18,19). The molecule has 0 atom stereocenters. The number of aromatic nitrogens is 1. The van der Waals surface area contributed by atoms with Crippen molar-refractivity contribution in [2.75, 3.05) is 19.5 Å². The summed E-state index contributed by atoms with van der Waals surface area (Å²) in [5, 5.41) is 2.96. The number of carbonyl (C=O) groups excluding carboxylic acids is 1. The van der Waals surface area contributed by atoms with Crippen LogP contribution in [0.25, 0.3) is 0 Å². The molecule has 1 amide bonds. The number of ether oxygens (including phenoxy) is 2. The Morgan fingerprint density at radius 2 is 2.00 bits per heavy atom. The van der Waals surface area contributed by atoms with Crippen molar-refractivity contribution < 1.29 is 14.3 Å². The van der Waals surface area contributed by atoms with Crippen LogP contribution in [0.4, 0.5) is 5.69 Å². The number of rotatable bonds is 4. The van der Waals surface area contributed by atoms with E-state index in [1.807, 2.05) is 6.92 Å². The van der Waals surface area contributed by atoms with E-state index in [1.54, 1.807) is 37.6 Å². The zero-order chi connectivity index (χ0) is 15.4. The average Bonchev–Trinajstić information content (AvgIpc) is 2.50. The Morgan fingerprint density at radius 1 is 1.24 bits per heavy atom. The summed E-state index contributed by atoms with van der Waals surface area (Å²) < 4.78 is 10.3. The Balaban J connectivity index is 2.30. The molecule has 0 fully saturated rings. The minimum atomic E-state index is -0.330. The van der Waals surface area contributed by atoms with Crippen LogP contribution >= 0.6 is 11.6 Å². The third-order valence-corrected chi connectivity index (χ3v) is 3.18. The van der Waals surface area contributed by atoms with E-state index in [4.69, 9.17) is 21.1 Å². The molecule has 0 bridgehead atoms. The van der Waals surface area contributed by atoms with Gasteiger partial charge >= 0.3 is 0 Å². The summed E-state index contributed by atoms with van der Waals surface area (Å²) in [6.45, 7) is 1.87. The van der Waals surface area contributed by atoms with Gasteiger partial charge in [0.25, 0.3) is 5.91 Å². The Morgan fingerprint density at radius 3 is 2.67 bits per heavy atom. The van der Waals surface area contributed by atoms with Crippen LogP contribution in [0.3, 0.4) is 0 Å². The van der Waals surface area contributed by atoms with Crippen molar-refractivity contribution in [2.45, 2.75) is 6.92 Å². The molecule has 1 N–H and O–H groups in total. The highest BCUT2D eigenvalue weighted by Gasteiger charge is 2.15. The minimum Gasteiger partial charge on any atom is -0.497 e. The third-order valence-electron chi connectivity index (χ3n) is 2.88. The molecule has 0 aliphatic rings. The summed E-state index contributed by atoms with van der Waals surface area (Å²) in [5.74, 6) is 0.700. The molecule has 0 spiro atoms. The molecule has 0 aliphatic heterocycles. The quantitative estimate of drug-likeness (QED) is 0.880. The molecule has 5 nitrogen and oxygen atoms in total. The molecule has 0 aliphatic carbocycles. The van der Waals surface area contributed by atoms with E-state index in [9.17, 15) is 4.79 Å². The van der Waals surface area contributed by atoms with Crippen molar-refractivity contribution in [3.8, 4) is 11.5 Å². The number of aryl methyl sites for hydroxylation is 1. The van der Waals surface area contributed by atoms with Gasteiger partial charge in [0.2, 0.25) is 0 Å². The van der Waals surface area contributed by atoms with E-state index in [-0.39, 0.29) is 11.1 Å². The van der Waals surface area contributed by atoms with E-state index < -0.39 is 0 Å². The molecule has 1 heterocycles. The summed E-state index contributed by atoms with van der Waals surface area (Å²) in [7, 11) is 3.04. The van der Waals surface area contributed by atoms with Gasteiger partial charge in [-0.25, -0.2) is 4.98 Å². The number of benzene rings is 1. The molecule has 110 valence electrons. The van der Waals surface area contributed by atoms with E-state index in [0.717, 1.165) is 5.56 Å². The molecule has 21 heavy (non-hydrogen) atoms. The maximum Gasteiger partial charge on any atom is 0.259 e. The first kappa shape index (κ1) is 15.1. The number of methoxy groups -OCH3 is 2. The number of anilines is 1. The Hall–Kier alpha value is -2.27. The Kier molecular flexibility index (Phi) is 4.65. The topological polar surface area (TPSA) is 60.5 Å². The third kappa shape index (κ3) is 3.44. The molecule has 6 heteroatoms. The number of hydrogen-bond donors (Lipinski definition) is 1. The predicted octanol–water partition coefficient (Wildman–Crippen LogP) is 3.31. The number of nitrogens with zero attached hydrogens (tertiary/aromatic N) is 1. The lowest BCUT2D eigenvalue weighted by Gasteiger charge is -2.11. The molecule has 0 radical (unpaired) electrons. The van der Waals surface area contributed by atoms with Crippen LogP contribution in [0.1, 0.15) is 15.9 Å². The van der Waals surface area contributed by atoms with Crippen molar-refractivity contribution in [2.24, 2.45) is 0 Å². The second-order valence-corrected chi connectivity index (χ2v) is 4.73. The largest absolute Gasteiger partial charge is 0.497 e. The monoisotopic (exact) mass is 306 g/mol. The average molecular weight is 307 g/mol. The van der Waals surface area contributed by atoms with E-state index in [0.29, 0.717) is 22.7 Å². The van der Waals surface area contributed by atoms with Crippen LogP contribution in [0.5, 0.6) is 11.5 Å². The molecule has 1 aromatic heterocycles. The Bertz CT molecular complexity index is 674. The van der Waals surface area contributed by atoms with Crippen LogP contribution in [0.2, 0.25) is 5.15 Å². The lowest BCUT2D eigenvalue weighted by molar-refractivity contribution is 0.102. The number of amides is 1. The van der Waals surface area contributed by atoms with Crippen molar-refractivity contribution >= 4 is 23.2 Å². The minimum absolute atomic E-state index is 0.237. The lowest BCUT2D eigenvalue weighted by Crippen LogP contribution is -2.14. The summed E-state index contributed by atoms with van der Waals surface area (Å²) in [4.78, 5) is 16.3. The highest BCUT2D eigenvalue weighted by atomic mass is 35.5. The van der Waals surface area contributed by atoms with Crippen LogP contribution in [-0.4, -0.2) is 25.1 Å². The molecule has 1 aromatic carbocycles. The van der Waals surface area contributed by atoms with Gasteiger partial charge in [-0.2, -0.15) is 0 Å². The summed E-state index contributed by atoms with van der Waals surface area (Å²) in [6, 6.07) is 6.71. The predicted molar refractivity (Wildman–Crippen MR) is 81.5 cm³/mol. The van der Waals surface area contributed by atoms with Gasteiger partial charge in [-0.1, -0.05) is 11.6 Å². The van der Waals surface area contributed by atoms with E-state index in [1.165, 1.54) is 7.11 Å². The number of halogens is 1. The van der Waals surface area contributed by atoms with Gasteiger partial charge in [-0.15, -0.1) is 0 Å². The maximum atomic E-state index is 12.3. The SMILES string of the molecule is COc1ccc(C(=O)Nc2cc(C)cnc2Cl)c(OC)c1. The first-order valence-electron chi connectivity index (χ1n) is 6.20. The highest BCUT2D eigenvalue weighted by molar-refractivity contribution is 6.32. The second-order valence-electron chi connectivity index (χ2n) is 4.37. The number of nitrogens with one attached hydrogen (secondary N) is 1. The molecule has 0 saturated carbocycles. The first-order valence-corrected chi connectivity index (χ1v) is 6.58. The zero-order valence-electron chi connectivity index (χ0n) is 11.9. The van der Waals surface area contributed by atoms with Gasteiger partial charge in [0.05, 0.1) is 25.5 Å². The molecular weight excluding hydrogens is 292 g/mol.